The molecular weight excluding hydrogens is 329 g/mol. The van der Waals surface area contributed by atoms with Crippen LogP contribution in [-0.2, 0) is 0 Å². The summed E-state index contributed by atoms with van der Waals surface area (Å²) < 4.78 is 3.13. The maximum absolute atomic E-state index is 5.92. The molecule has 1 fully saturated rings. The van der Waals surface area contributed by atoms with Gasteiger partial charge < -0.3 is 10.6 Å². The number of halogens is 1. The van der Waals surface area contributed by atoms with E-state index in [4.69, 9.17) is 5.73 Å². The van der Waals surface area contributed by atoms with Gasteiger partial charge in [-0.25, -0.2) is 9.97 Å². The van der Waals surface area contributed by atoms with Crippen molar-refractivity contribution in [2.24, 2.45) is 5.73 Å². The first kappa shape index (κ1) is 11.2. The number of piperidine rings is 1. The van der Waals surface area contributed by atoms with Crippen molar-refractivity contribution < 1.29 is 0 Å². The smallest absolute Gasteiger partial charge is 0.211 e. The quantitative estimate of drug-likeness (QED) is 0.792. The van der Waals surface area contributed by atoms with Crippen LogP contribution in [-0.4, -0.2) is 33.5 Å². The van der Waals surface area contributed by atoms with Gasteiger partial charge in [-0.1, -0.05) is 0 Å². The molecule has 0 radical (unpaired) electrons. The van der Waals surface area contributed by atoms with E-state index in [1.165, 1.54) is 0 Å². The molecule has 0 atom stereocenters. The standard InChI is InChI=1S/C11H14IN5/c12-9-7-15-11(17-6-3-14-10(9)17)16-4-1-8(13)2-5-16/h3,6-8H,1-2,4-5,13H2. The van der Waals surface area contributed by atoms with Crippen molar-refractivity contribution in [1.29, 1.82) is 0 Å². The second-order valence-corrected chi connectivity index (χ2v) is 5.51. The molecule has 0 amide bonds. The monoisotopic (exact) mass is 343 g/mol. The molecule has 6 heteroatoms. The Morgan fingerprint density at radius 2 is 2.06 bits per heavy atom. The van der Waals surface area contributed by atoms with E-state index in [0.717, 1.165) is 41.1 Å². The van der Waals surface area contributed by atoms with Crippen LogP contribution in [0.15, 0.2) is 18.6 Å². The first-order valence-electron chi connectivity index (χ1n) is 5.74. The third kappa shape index (κ3) is 1.99. The lowest BCUT2D eigenvalue weighted by atomic mass is 10.1. The summed E-state index contributed by atoms with van der Waals surface area (Å²) in [7, 11) is 0. The SMILES string of the molecule is NC1CCN(c2ncc(I)c3nccn23)CC1. The van der Waals surface area contributed by atoms with Gasteiger partial charge in [0.25, 0.3) is 0 Å². The third-order valence-electron chi connectivity index (χ3n) is 3.19. The minimum absolute atomic E-state index is 0.341. The predicted molar refractivity (Wildman–Crippen MR) is 75.1 cm³/mol. The van der Waals surface area contributed by atoms with Crippen LogP contribution in [0.2, 0.25) is 0 Å². The predicted octanol–water partition coefficient (Wildman–Crippen LogP) is 1.26. The second kappa shape index (κ2) is 4.41. The molecule has 2 N–H and O–H groups in total. The average Bonchev–Trinajstić information content (AvgIpc) is 2.81. The number of hydrogen-bond acceptors (Lipinski definition) is 4. The largest absolute Gasteiger partial charge is 0.342 e. The number of anilines is 1. The van der Waals surface area contributed by atoms with Crippen molar-refractivity contribution >= 4 is 34.2 Å². The second-order valence-electron chi connectivity index (χ2n) is 4.35. The number of fused-ring (bicyclic) bond motifs is 1. The molecule has 1 aliphatic heterocycles. The highest BCUT2D eigenvalue weighted by atomic mass is 127. The molecule has 5 nitrogen and oxygen atoms in total. The van der Waals surface area contributed by atoms with E-state index in [2.05, 4.69) is 41.9 Å². The van der Waals surface area contributed by atoms with Gasteiger partial charge in [-0.3, -0.25) is 4.40 Å². The Kier molecular flexibility index (Phi) is 2.91. The number of rotatable bonds is 1. The molecule has 1 saturated heterocycles. The van der Waals surface area contributed by atoms with Gasteiger partial charge in [-0.2, -0.15) is 0 Å². The van der Waals surface area contributed by atoms with Gasteiger partial charge in [0.05, 0.1) is 3.57 Å². The van der Waals surface area contributed by atoms with E-state index < -0.39 is 0 Å². The Morgan fingerprint density at radius 3 is 2.82 bits per heavy atom. The number of aromatic nitrogens is 3. The van der Waals surface area contributed by atoms with Gasteiger partial charge in [-0.15, -0.1) is 0 Å². The van der Waals surface area contributed by atoms with Crippen LogP contribution < -0.4 is 10.6 Å². The number of nitrogens with two attached hydrogens (primary N) is 1. The summed E-state index contributed by atoms with van der Waals surface area (Å²) in [6, 6.07) is 0.341. The van der Waals surface area contributed by atoms with Gasteiger partial charge in [0, 0.05) is 37.7 Å². The molecule has 90 valence electrons. The highest BCUT2D eigenvalue weighted by Gasteiger charge is 2.19. The summed E-state index contributed by atoms with van der Waals surface area (Å²) in [4.78, 5) is 11.2. The van der Waals surface area contributed by atoms with E-state index in [0.29, 0.717) is 6.04 Å². The maximum Gasteiger partial charge on any atom is 0.211 e. The first-order valence-corrected chi connectivity index (χ1v) is 6.81. The van der Waals surface area contributed by atoms with Crippen LogP contribution >= 0.6 is 22.6 Å². The molecule has 2 aromatic rings. The molecule has 0 unspecified atom stereocenters. The number of nitrogens with zero attached hydrogens (tertiary/aromatic N) is 4. The Labute approximate surface area is 113 Å². The molecule has 3 heterocycles. The van der Waals surface area contributed by atoms with Crippen molar-refractivity contribution in [3.05, 3.63) is 22.2 Å². The summed E-state index contributed by atoms with van der Waals surface area (Å²) in [6.45, 7) is 1.95. The lowest BCUT2D eigenvalue weighted by Gasteiger charge is -2.31. The molecule has 0 spiro atoms. The van der Waals surface area contributed by atoms with Crippen LogP contribution in [0.4, 0.5) is 5.95 Å². The van der Waals surface area contributed by atoms with Crippen LogP contribution in [0.3, 0.4) is 0 Å². The zero-order valence-corrected chi connectivity index (χ0v) is 11.5. The third-order valence-corrected chi connectivity index (χ3v) is 3.95. The first-order chi connectivity index (χ1) is 8.25. The van der Waals surface area contributed by atoms with E-state index in [1.807, 2.05) is 18.6 Å². The molecule has 0 saturated carbocycles. The van der Waals surface area contributed by atoms with Gasteiger partial charge in [0.1, 0.15) is 0 Å². The normalized spacial score (nSPS) is 17.9. The molecule has 3 rings (SSSR count). The Morgan fingerprint density at radius 1 is 1.29 bits per heavy atom. The fourth-order valence-electron chi connectivity index (χ4n) is 2.21. The molecule has 2 aromatic heterocycles. The van der Waals surface area contributed by atoms with E-state index in [1.54, 1.807) is 0 Å². The highest BCUT2D eigenvalue weighted by molar-refractivity contribution is 14.1. The minimum Gasteiger partial charge on any atom is -0.342 e. The Bertz CT molecular complexity index is 530. The zero-order chi connectivity index (χ0) is 11.8. The average molecular weight is 343 g/mol. The van der Waals surface area contributed by atoms with Gasteiger partial charge >= 0.3 is 0 Å². The van der Waals surface area contributed by atoms with Gasteiger partial charge in [0.2, 0.25) is 5.95 Å². The topological polar surface area (TPSA) is 59.5 Å². The van der Waals surface area contributed by atoms with E-state index >= 15 is 0 Å². The van der Waals surface area contributed by atoms with Crippen LogP contribution in [0.5, 0.6) is 0 Å². The summed E-state index contributed by atoms with van der Waals surface area (Å²) in [5.74, 6) is 0.977. The van der Waals surface area contributed by atoms with Gasteiger partial charge in [-0.05, 0) is 35.4 Å². The van der Waals surface area contributed by atoms with Crippen LogP contribution in [0.25, 0.3) is 5.65 Å². The van der Waals surface area contributed by atoms with Crippen LogP contribution in [0, 0.1) is 3.57 Å². The van der Waals surface area contributed by atoms with Crippen LogP contribution in [0.1, 0.15) is 12.8 Å². The maximum atomic E-state index is 5.92. The molecule has 0 aliphatic carbocycles. The lowest BCUT2D eigenvalue weighted by Crippen LogP contribution is -2.40. The van der Waals surface area contributed by atoms with Crippen molar-refractivity contribution in [3.8, 4) is 0 Å². The molecule has 17 heavy (non-hydrogen) atoms. The number of hydrogen-bond donors (Lipinski definition) is 1. The van der Waals surface area contributed by atoms with E-state index in [-0.39, 0.29) is 0 Å². The Hall–Kier alpha value is -0.890. The van der Waals surface area contributed by atoms with E-state index in [9.17, 15) is 0 Å². The van der Waals surface area contributed by atoms with Crippen molar-refractivity contribution in [2.75, 3.05) is 18.0 Å². The minimum atomic E-state index is 0.341. The zero-order valence-electron chi connectivity index (χ0n) is 9.38. The Balaban J connectivity index is 2.00. The number of imidazole rings is 1. The fraction of sp³-hybridized carbons (Fsp3) is 0.455. The summed E-state index contributed by atoms with van der Waals surface area (Å²) >= 11 is 2.26. The lowest BCUT2D eigenvalue weighted by molar-refractivity contribution is 0.494. The van der Waals surface area contributed by atoms with Crippen molar-refractivity contribution in [2.45, 2.75) is 18.9 Å². The summed E-state index contributed by atoms with van der Waals surface area (Å²) in [6.07, 6.45) is 7.73. The fourth-order valence-corrected chi connectivity index (χ4v) is 2.75. The molecule has 1 aliphatic rings. The molecular formula is C11H14IN5. The molecule has 0 aromatic carbocycles. The summed E-state index contributed by atoms with van der Waals surface area (Å²) in [5, 5.41) is 0. The van der Waals surface area contributed by atoms with Gasteiger partial charge in [0.15, 0.2) is 5.65 Å². The summed E-state index contributed by atoms with van der Waals surface area (Å²) in [5.41, 5.74) is 6.90. The molecule has 0 bridgehead atoms. The highest BCUT2D eigenvalue weighted by Crippen LogP contribution is 2.20. The van der Waals surface area contributed by atoms with Crippen molar-refractivity contribution in [3.63, 3.8) is 0 Å². The van der Waals surface area contributed by atoms with Crippen molar-refractivity contribution in [1.82, 2.24) is 14.4 Å².